The van der Waals surface area contributed by atoms with Crippen molar-refractivity contribution in [2.75, 3.05) is 18.4 Å². The highest BCUT2D eigenvalue weighted by Gasteiger charge is 2.36. The number of nitrogens with zero attached hydrogens (tertiary/aromatic N) is 1. The number of benzene rings is 3. The second kappa shape index (κ2) is 13.3. The lowest BCUT2D eigenvalue weighted by atomic mass is 9.74. The summed E-state index contributed by atoms with van der Waals surface area (Å²) in [6, 6.07) is 20.9. The van der Waals surface area contributed by atoms with Gasteiger partial charge in [0.2, 0.25) is 0 Å². The third-order valence-corrected chi connectivity index (χ3v) is 8.34. The molecule has 7 nitrogen and oxygen atoms in total. The molecular formula is C34H41N3O4. The average molecular weight is 556 g/mol. The first kappa shape index (κ1) is 28.8. The summed E-state index contributed by atoms with van der Waals surface area (Å²) in [5.41, 5.74) is 11.9. The number of likely N-dealkylation sites (tertiary alicyclic amines) is 1. The van der Waals surface area contributed by atoms with Gasteiger partial charge in [-0.3, -0.25) is 15.0 Å². The Morgan fingerprint density at radius 2 is 1.85 bits per heavy atom. The second-order valence-corrected chi connectivity index (χ2v) is 11.4. The molecule has 1 amide bonds. The van der Waals surface area contributed by atoms with Crippen LogP contribution in [0.4, 0.5) is 10.5 Å². The SMILES string of the molecule is CCCN1CCC[C@@H]2Cc3c(ccc(C)c3OC(=O)Nc3cccc(C[C@H](N)C(=O)OCc4ccccc4)c3)C[C@H]21. The normalized spacial score (nSPS) is 19.0. The zero-order chi connectivity index (χ0) is 28.8. The van der Waals surface area contributed by atoms with Crippen LogP contribution in [0.2, 0.25) is 0 Å². The van der Waals surface area contributed by atoms with Gasteiger partial charge in [0.05, 0.1) is 0 Å². The van der Waals surface area contributed by atoms with E-state index in [0.29, 0.717) is 29.8 Å². The number of nitrogens with two attached hydrogens (primary N) is 1. The number of aryl methyl sites for hydroxylation is 1. The van der Waals surface area contributed by atoms with E-state index in [9.17, 15) is 9.59 Å². The van der Waals surface area contributed by atoms with Gasteiger partial charge in [-0.05, 0) is 104 Å². The van der Waals surface area contributed by atoms with Crippen molar-refractivity contribution in [3.05, 3.63) is 94.5 Å². The molecule has 5 rings (SSSR count). The molecular weight excluding hydrogens is 514 g/mol. The van der Waals surface area contributed by atoms with Gasteiger partial charge in [0.25, 0.3) is 0 Å². The smallest absolute Gasteiger partial charge is 0.417 e. The van der Waals surface area contributed by atoms with Crippen molar-refractivity contribution in [1.82, 2.24) is 4.90 Å². The number of nitrogens with one attached hydrogen (secondary N) is 1. The Bertz CT molecular complexity index is 1360. The summed E-state index contributed by atoms with van der Waals surface area (Å²) in [6.07, 6.45) is 5.34. The number of amides is 1. The lowest BCUT2D eigenvalue weighted by Crippen LogP contribution is -2.49. The predicted octanol–water partition coefficient (Wildman–Crippen LogP) is 5.81. The van der Waals surface area contributed by atoms with Gasteiger partial charge < -0.3 is 15.2 Å². The minimum absolute atomic E-state index is 0.182. The Labute approximate surface area is 243 Å². The number of anilines is 1. The first-order valence-corrected chi connectivity index (χ1v) is 14.8. The fourth-order valence-corrected chi connectivity index (χ4v) is 6.33. The van der Waals surface area contributed by atoms with Crippen molar-refractivity contribution in [2.45, 2.75) is 71.1 Å². The van der Waals surface area contributed by atoms with Crippen molar-refractivity contribution in [3.8, 4) is 5.75 Å². The van der Waals surface area contributed by atoms with Crippen LogP contribution >= 0.6 is 0 Å². The zero-order valence-corrected chi connectivity index (χ0v) is 24.1. The molecule has 0 radical (unpaired) electrons. The molecule has 1 heterocycles. The molecule has 3 N–H and O–H groups in total. The van der Waals surface area contributed by atoms with Crippen molar-refractivity contribution >= 4 is 17.7 Å². The van der Waals surface area contributed by atoms with Crippen LogP contribution in [0.3, 0.4) is 0 Å². The van der Waals surface area contributed by atoms with Crippen LogP contribution in [0, 0.1) is 12.8 Å². The lowest BCUT2D eigenvalue weighted by molar-refractivity contribution is -0.146. The number of fused-ring (bicyclic) bond motifs is 2. The Morgan fingerprint density at radius 3 is 2.66 bits per heavy atom. The van der Waals surface area contributed by atoms with E-state index in [1.54, 1.807) is 6.07 Å². The summed E-state index contributed by atoms with van der Waals surface area (Å²) in [4.78, 5) is 28.2. The number of ether oxygens (including phenoxy) is 2. The summed E-state index contributed by atoms with van der Waals surface area (Å²) < 4.78 is 11.3. The topological polar surface area (TPSA) is 93.9 Å². The summed E-state index contributed by atoms with van der Waals surface area (Å²) in [7, 11) is 0. The van der Waals surface area contributed by atoms with Gasteiger partial charge in [-0.25, -0.2) is 4.79 Å². The van der Waals surface area contributed by atoms with Crippen LogP contribution in [0.15, 0.2) is 66.7 Å². The standard InChI is InChI=1S/C34H41N3O4/c1-3-16-37-17-8-12-27-20-29-26(21-31(27)37)15-14-23(2)32(29)41-34(39)36-28-13-7-11-25(18-28)19-30(35)33(38)40-22-24-9-5-4-6-10-24/h4-7,9-11,13-15,18,27,30-31H,3,8,12,16-17,19-22,35H2,1-2H3,(H,36,39)/t27-,30+,31-/m1/s1. The van der Waals surface area contributed by atoms with Crippen LogP contribution in [0.1, 0.15) is 54.0 Å². The number of esters is 1. The second-order valence-electron chi connectivity index (χ2n) is 11.4. The van der Waals surface area contributed by atoms with Crippen molar-refractivity contribution in [2.24, 2.45) is 11.7 Å². The van der Waals surface area contributed by atoms with Crippen LogP contribution in [-0.4, -0.2) is 42.1 Å². The van der Waals surface area contributed by atoms with E-state index >= 15 is 0 Å². The van der Waals surface area contributed by atoms with E-state index in [1.165, 1.54) is 36.9 Å². The fourth-order valence-electron chi connectivity index (χ4n) is 6.33. The van der Waals surface area contributed by atoms with Gasteiger partial charge in [0.1, 0.15) is 18.4 Å². The molecule has 3 aromatic rings. The highest BCUT2D eigenvalue weighted by molar-refractivity contribution is 5.87. The van der Waals surface area contributed by atoms with Crippen molar-refractivity contribution < 1.29 is 19.1 Å². The maximum absolute atomic E-state index is 13.1. The van der Waals surface area contributed by atoms with Crippen molar-refractivity contribution in [3.63, 3.8) is 0 Å². The van der Waals surface area contributed by atoms with Crippen LogP contribution in [-0.2, 0) is 35.4 Å². The maximum Gasteiger partial charge on any atom is 0.417 e. The third-order valence-electron chi connectivity index (χ3n) is 8.34. The summed E-state index contributed by atoms with van der Waals surface area (Å²) in [5.74, 6) is 0.814. The number of carbonyl (C=O) groups is 2. The van der Waals surface area contributed by atoms with Gasteiger partial charge >= 0.3 is 12.1 Å². The lowest BCUT2D eigenvalue weighted by Gasteiger charge is -2.45. The molecule has 1 aliphatic heterocycles. The monoisotopic (exact) mass is 555 g/mol. The van der Waals surface area contributed by atoms with E-state index < -0.39 is 18.1 Å². The van der Waals surface area contributed by atoms with E-state index in [0.717, 1.165) is 36.1 Å². The molecule has 3 atom stereocenters. The Morgan fingerprint density at radius 1 is 1.05 bits per heavy atom. The van der Waals surface area contributed by atoms with Gasteiger partial charge in [-0.1, -0.05) is 61.5 Å². The number of hydrogen-bond donors (Lipinski definition) is 2. The van der Waals surface area contributed by atoms with Gasteiger partial charge in [0, 0.05) is 11.7 Å². The van der Waals surface area contributed by atoms with E-state index in [4.69, 9.17) is 15.2 Å². The predicted molar refractivity (Wildman–Crippen MR) is 161 cm³/mol. The van der Waals surface area contributed by atoms with Gasteiger partial charge in [-0.2, -0.15) is 0 Å². The Kier molecular flexibility index (Phi) is 9.37. The Balaban J connectivity index is 1.20. The van der Waals surface area contributed by atoms with E-state index in [1.807, 2.05) is 55.5 Å². The average Bonchev–Trinajstić information content (AvgIpc) is 2.97. The highest BCUT2D eigenvalue weighted by atomic mass is 16.6. The van der Waals surface area contributed by atoms with Crippen molar-refractivity contribution in [1.29, 1.82) is 0 Å². The van der Waals surface area contributed by atoms with Gasteiger partial charge in [0.15, 0.2) is 0 Å². The largest absolute Gasteiger partial charge is 0.460 e. The van der Waals surface area contributed by atoms with E-state index in [2.05, 4.69) is 29.3 Å². The molecule has 216 valence electrons. The molecule has 7 heteroatoms. The zero-order valence-electron chi connectivity index (χ0n) is 24.1. The number of rotatable bonds is 9. The van der Waals surface area contributed by atoms with Crippen LogP contribution < -0.4 is 15.8 Å². The number of carbonyl (C=O) groups excluding carboxylic acids is 2. The fraction of sp³-hybridized carbons (Fsp3) is 0.412. The molecule has 1 saturated heterocycles. The van der Waals surface area contributed by atoms with E-state index in [-0.39, 0.29) is 6.61 Å². The maximum atomic E-state index is 13.1. The summed E-state index contributed by atoms with van der Waals surface area (Å²) in [5, 5.41) is 2.87. The van der Waals surface area contributed by atoms with Gasteiger partial charge in [-0.15, -0.1) is 0 Å². The molecule has 0 bridgehead atoms. The Hall–Kier alpha value is -3.68. The molecule has 0 unspecified atom stereocenters. The first-order chi connectivity index (χ1) is 19.9. The number of hydrogen-bond acceptors (Lipinski definition) is 6. The third kappa shape index (κ3) is 7.16. The highest BCUT2D eigenvalue weighted by Crippen LogP contribution is 2.40. The molecule has 3 aromatic carbocycles. The molecule has 0 spiro atoms. The van der Waals surface area contributed by atoms with Crippen LogP contribution in [0.5, 0.6) is 5.75 Å². The summed E-state index contributed by atoms with van der Waals surface area (Å²) >= 11 is 0. The molecule has 41 heavy (non-hydrogen) atoms. The molecule has 1 fully saturated rings. The molecule has 1 aliphatic carbocycles. The minimum Gasteiger partial charge on any atom is -0.460 e. The quantitative estimate of drug-likeness (QED) is 0.324. The minimum atomic E-state index is -0.809. The number of piperidine rings is 1. The molecule has 0 aromatic heterocycles. The summed E-state index contributed by atoms with van der Waals surface area (Å²) in [6.45, 7) is 6.76. The first-order valence-electron chi connectivity index (χ1n) is 14.8. The van der Waals surface area contributed by atoms with Crippen LogP contribution in [0.25, 0.3) is 0 Å². The molecule has 0 saturated carbocycles. The molecule has 2 aliphatic rings.